The van der Waals surface area contributed by atoms with E-state index in [4.69, 9.17) is 4.74 Å². The van der Waals surface area contributed by atoms with Crippen LogP contribution in [0.25, 0.3) is 10.9 Å². The summed E-state index contributed by atoms with van der Waals surface area (Å²) >= 11 is 0. The van der Waals surface area contributed by atoms with Gasteiger partial charge in [-0.25, -0.2) is 4.79 Å². The van der Waals surface area contributed by atoms with E-state index in [0.717, 1.165) is 61.1 Å². The van der Waals surface area contributed by atoms with Gasteiger partial charge in [0.1, 0.15) is 6.61 Å². The van der Waals surface area contributed by atoms with Gasteiger partial charge in [-0.2, -0.15) is 0 Å². The number of piperidine rings is 1. The molecular weight excluding hydrogens is 364 g/mol. The zero-order chi connectivity index (χ0) is 20.2. The van der Waals surface area contributed by atoms with E-state index in [1.165, 1.54) is 5.56 Å². The Kier molecular flexibility index (Phi) is 5.97. The van der Waals surface area contributed by atoms with Crippen molar-refractivity contribution in [1.82, 2.24) is 9.88 Å². The van der Waals surface area contributed by atoms with Crippen LogP contribution in [0.15, 0.2) is 48.5 Å². The highest BCUT2D eigenvalue weighted by Crippen LogP contribution is 2.25. The lowest BCUT2D eigenvalue weighted by Gasteiger charge is -2.29. The largest absolute Gasteiger partial charge is 0.457 e. The molecule has 0 spiro atoms. The average Bonchev–Trinajstić information content (AvgIpc) is 3.07. The van der Waals surface area contributed by atoms with Gasteiger partial charge in [0.2, 0.25) is 0 Å². The zero-order valence-corrected chi connectivity index (χ0v) is 16.9. The predicted octanol–water partition coefficient (Wildman–Crippen LogP) is 3.83. The Morgan fingerprint density at radius 1 is 1.14 bits per heavy atom. The van der Waals surface area contributed by atoms with Gasteiger partial charge in [-0.15, -0.1) is 0 Å². The monoisotopic (exact) mass is 392 g/mol. The predicted molar refractivity (Wildman–Crippen MR) is 114 cm³/mol. The van der Waals surface area contributed by atoms with E-state index < -0.39 is 0 Å². The maximum absolute atomic E-state index is 12.8. The SMILES string of the molecule is Cc1[nH]c2ccc(CCN3CCC(O)CC3)cc2c1C(=O)OCc1ccccc1. The van der Waals surface area contributed by atoms with Gasteiger partial charge in [-0.05, 0) is 49.4 Å². The normalized spacial score (nSPS) is 15.7. The second-order valence-corrected chi connectivity index (χ2v) is 7.89. The van der Waals surface area contributed by atoms with E-state index in [0.29, 0.717) is 5.56 Å². The Morgan fingerprint density at radius 3 is 2.66 bits per heavy atom. The summed E-state index contributed by atoms with van der Waals surface area (Å²) < 4.78 is 5.58. The van der Waals surface area contributed by atoms with Gasteiger partial charge >= 0.3 is 5.97 Å². The minimum Gasteiger partial charge on any atom is -0.457 e. The fraction of sp³-hybridized carbons (Fsp3) is 0.375. The first-order chi connectivity index (χ1) is 14.1. The molecule has 3 aromatic rings. The Hall–Kier alpha value is -2.63. The molecule has 29 heavy (non-hydrogen) atoms. The molecule has 2 heterocycles. The van der Waals surface area contributed by atoms with E-state index in [1.807, 2.05) is 43.3 Å². The second-order valence-electron chi connectivity index (χ2n) is 7.89. The standard InChI is InChI=1S/C24H28N2O3/c1-17-23(24(28)29-16-19-5-3-2-4-6-19)21-15-18(7-8-22(21)25-17)9-12-26-13-10-20(27)11-14-26/h2-8,15,20,25,27H,9-14,16H2,1H3. The van der Waals surface area contributed by atoms with E-state index in [9.17, 15) is 9.90 Å². The summed E-state index contributed by atoms with van der Waals surface area (Å²) in [4.78, 5) is 18.5. The number of hydrogen-bond donors (Lipinski definition) is 2. The number of rotatable bonds is 6. The van der Waals surface area contributed by atoms with Gasteiger partial charge in [0.05, 0.1) is 11.7 Å². The molecule has 0 saturated carbocycles. The third-order valence-corrected chi connectivity index (χ3v) is 5.74. The number of benzene rings is 2. The van der Waals surface area contributed by atoms with Gasteiger partial charge in [-0.3, -0.25) is 0 Å². The Morgan fingerprint density at radius 2 is 1.90 bits per heavy atom. The van der Waals surface area contributed by atoms with Crippen molar-refractivity contribution in [3.8, 4) is 0 Å². The molecule has 5 nitrogen and oxygen atoms in total. The molecule has 152 valence electrons. The number of nitrogens with one attached hydrogen (secondary N) is 1. The van der Waals surface area contributed by atoms with Gasteiger partial charge in [0.15, 0.2) is 0 Å². The Labute approximate surface area is 171 Å². The average molecular weight is 392 g/mol. The van der Waals surface area contributed by atoms with E-state index in [-0.39, 0.29) is 18.7 Å². The van der Waals surface area contributed by atoms with Crippen molar-refractivity contribution in [1.29, 1.82) is 0 Å². The smallest absolute Gasteiger partial charge is 0.340 e. The third-order valence-electron chi connectivity index (χ3n) is 5.74. The summed E-state index contributed by atoms with van der Waals surface area (Å²) in [5.41, 5.74) is 4.60. The number of aliphatic hydroxyl groups excluding tert-OH is 1. The lowest BCUT2D eigenvalue weighted by molar-refractivity contribution is 0.0474. The molecule has 0 unspecified atom stereocenters. The Balaban J connectivity index is 1.46. The van der Waals surface area contributed by atoms with Gasteiger partial charge in [-0.1, -0.05) is 36.4 Å². The van der Waals surface area contributed by atoms with Crippen molar-refractivity contribution in [3.63, 3.8) is 0 Å². The maximum atomic E-state index is 12.8. The molecule has 0 radical (unpaired) electrons. The molecule has 0 amide bonds. The summed E-state index contributed by atoms with van der Waals surface area (Å²) in [6.07, 6.45) is 2.49. The van der Waals surface area contributed by atoms with Crippen LogP contribution in [-0.2, 0) is 17.8 Å². The lowest BCUT2D eigenvalue weighted by atomic mass is 10.0. The minimum absolute atomic E-state index is 0.144. The molecule has 1 aromatic heterocycles. The molecule has 0 bridgehead atoms. The Bertz CT molecular complexity index is 972. The summed E-state index contributed by atoms with van der Waals surface area (Å²) in [5, 5.41) is 10.6. The van der Waals surface area contributed by atoms with Crippen LogP contribution in [0.1, 0.15) is 40.0 Å². The molecule has 0 aliphatic carbocycles. The number of carbonyl (C=O) groups is 1. The van der Waals surface area contributed by atoms with Gasteiger partial charge in [0.25, 0.3) is 0 Å². The number of esters is 1. The molecular formula is C24H28N2O3. The summed E-state index contributed by atoms with van der Waals surface area (Å²) in [5.74, 6) is -0.292. The first kappa shape index (κ1) is 19.7. The highest BCUT2D eigenvalue weighted by molar-refractivity contribution is 6.05. The number of carbonyl (C=O) groups excluding carboxylic acids is 1. The topological polar surface area (TPSA) is 65.6 Å². The molecule has 1 fully saturated rings. The molecule has 0 atom stereocenters. The number of aromatic nitrogens is 1. The molecule has 4 rings (SSSR count). The van der Waals surface area contributed by atoms with Crippen molar-refractivity contribution in [2.75, 3.05) is 19.6 Å². The van der Waals surface area contributed by atoms with Gasteiger partial charge < -0.3 is 19.7 Å². The number of nitrogens with zero attached hydrogens (tertiary/aromatic N) is 1. The molecule has 5 heteroatoms. The number of aryl methyl sites for hydroxylation is 1. The van der Waals surface area contributed by atoms with Crippen molar-refractivity contribution < 1.29 is 14.6 Å². The van der Waals surface area contributed by atoms with E-state index >= 15 is 0 Å². The van der Waals surface area contributed by atoms with Crippen LogP contribution in [-0.4, -0.2) is 46.7 Å². The fourth-order valence-corrected chi connectivity index (χ4v) is 4.02. The number of ether oxygens (including phenoxy) is 1. The van der Waals surface area contributed by atoms with Crippen molar-refractivity contribution >= 4 is 16.9 Å². The number of aromatic amines is 1. The van der Waals surface area contributed by atoms with Crippen LogP contribution in [0, 0.1) is 6.92 Å². The number of hydrogen-bond acceptors (Lipinski definition) is 4. The molecule has 1 aliphatic rings. The highest BCUT2D eigenvalue weighted by Gasteiger charge is 2.19. The highest BCUT2D eigenvalue weighted by atomic mass is 16.5. The first-order valence-corrected chi connectivity index (χ1v) is 10.3. The summed E-state index contributed by atoms with van der Waals surface area (Å²) in [7, 11) is 0. The van der Waals surface area contributed by atoms with Gasteiger partial charge in [0, 0.05) is 36.2 Å². The van der Waals surface area contributed by atoms with Crippen LogP contribution >= 0.6 is 0 Å². The lowest BCUT2D eigenvalue weighted by Crippen LogP contribution is -2.37. The number of fused-ring (bicyclic) bond motifs is 1. The summed E-state index contributed by atoms with van der Waals surface area (Å²) in [6.45, 7) is 5.05. The van der Waals surface area contributed by atoms with Crippen molar-refractivity contribution in [2.24, 2.45) is 0 Å². The molecule has 1 saturated heterocycles. The minimum atomic E-state index is -0.292. The third kappa shape index (κ3) is 4.69. The maximum Gasteiger partial charge on any atom is 0.340 e. The number of H-pyrrole nitrogens is 1. The fourth-order valence-electron chi connectivity index (χ4n) is 4.02. The molecule has 2 aromatic carbocycles. The van der Waals surface area contributed by atoms with Crippen LogP contribution in [0.5, 0.6) is 0 Å². The van der Waals surface area contributed by atoms with Crippen LogP contribution in [0.4, 0.5) is 0 Å². The summed E-state index contributed by atoms with van der Waals surface area (Å²) in [6, 6.07) is 16.0. The number of aliphatic hydroxyl groups is 1. The second kappa shape index (κ2) is 8.80. The molecule has 2 N–H and O–H groups in total. The van der Waals surface area contributed by atoms with Crippen molar-refractivity contribution in [2.45, 2.75) is 38.9 Å². The quantitative estimate of drug-likeness (QED) is 0.626. The molecule has 1 aliphatic heterocycles. The van der Waals surface area contributed by atoms with Crippen LogP contribution in [0.3, 0.4) is 0 Å². The first-order valence-electron chi connectivity index (χ1n) is 10.3. The zero-order valence-electron chi connectivity index (χ0n) is 16.9. The van der Waals surface area contributed by atoms with Crippen molar-refractivity contribution in [3.05, 3.63) is 70.9 Å². The van der Waals surface area contributed by atoms with Crippen LogP contribution < -0.4 is 0 Å². The van der Waals surface area contributed by atoms with E-state index in [2.05, 4.69) is 22.0 Å². The number of likely N-dealkylation sites (tertiary alicyclic amines) is 1. The van der Waals surface area contributed by atoms with Crippen LogP contribution in [0.2, 0.25) is 0 Å². The van der Waals surface area contributed by atoms with E-state index in [1.54, 1.807) is 0 Å².